The number of rotatable bonds is 4. The molecule has 0 aromatic carbocycles. The molecule has 12 heavy (non-hydrogen) atoms. The average molecular weight is 168 g/mol. The Morgan fingerprint density at radius 3 is 2.67 bits per heavy atom. The minimum atomic E-state index is -0.676. The van der Waals surface area contributed by atoms with Gasteiger partial charge in [0.1, 0.15) is 6.10 Å². The fraction of sp³-hybridized carbons (Fsp3) is 0.444. The third-order valence-electron chi connectivity index (χ3n) is 1.46. The van der Waals surface area contributed by atoms with Crippen LogP contribution in [0.15, 0.2) is 29.4 Å². The molecule has 0 spiro atoms. The van der Waals surface area contributed by atoms with Gasteiger partial charge >= 0.3 is 0 Å². The van der Waals surface area contributed by atoms with Gasteiger partial charge in [-0.15, -0.1) is 0 Å². The molecule has 3 N–H and O–H groups in total. The summed E-state index contributed by atoms with van der Waals surface area (Å²) in [7, 11) is 0. The predicted molar refractivity (Wildman–Crippen MR) is 52.1 cm³/mol. The molecule has 0 aliphatic rings. The molecule has 0 fully saturated rings. The SMILES string of the molecule is C=CC(C)=N/C(=C\C)C(O)CN. The summed E-state index contributed by atoms with van der Waals surface area (Å²) in [6.07, 6.45) is 2.70. The van der Waals surface area contributed by atoms with Gasteiger partial charge in [0.25, 0.3) is 0 Å². The van der Waals surface area contributed by atoms with E-state index >= 15 is 0 Å². The molecule has 0 saturated heterocycles. The van der Waals surface area contributed by atoms with Crippen LogP contribution in [0.2, 0.25) is 0 Å². The Labute approximate surface area is 73.3 Å². The fourth-order valence-corrected chi connectivity index (χ4v) is 0.701. The molecule has 0 rings (SSSR count). The van der Waals surface area contributed by atoms with E-state index in [0.717, 1.165) is 5.71 Å². The van der Waals surface area contributed by atoms with E-state index in [2.05, 4.69) is 11.6 Å². The monoisotopic (exact) mass is 168 g/mol. The maximum atomic E-state index is 9.33. The van der Waals surface area contributed by atoms with Crippen molar-refractivity contribution in [1.29, 1.82) is 0 Å². The number of hydrogen-bond acceptors (Lipinski definition) is 3. The third-order valence-corrected chi connectivity index (χ3v) is 1.46. The van der Waals surface area contributed by atoms with Crippen molar-refractivity contribution in [3.05, 3.63) is 24.4 Å². The van der Waals surface area contributed by atoms with E-state index in [1.165, 1.54) is 0 Å². The van der Waals surface area contributed by atoms with E-state index in [-0.39, 0.29) is 6.54 Å². The maximum absolute atomic E-state index is 9.33. The van der Waals surface area contributed by atoms with E-state index < -0.39 is 6.10 Å². The predicted octanol–water partition coefficient (Wildman–Crippen LogP) is 0.857. The Morgan fingerprint density at radius 1 is 1.75 bits per heavy atom. The van der Waals surface area contributed by atoms with Crippen LogP contribution in [-0.2, 0) is 0 Å². The number of allylic oxidation sites excluding steroid dienone is 2. The van der Waals surface area contributed by atoms with Crippen molar-refractivity contribution in [3.8, 4) is 0 Å². The summed E-state index contributed by atoms with van der Waals surface area (Å²) >= 11 is 0. The summed E-state index contributed by atoms with van der Waals surface area (Å²) in [5.74, 6) is 0. The zero-order chi connectivity index (χ0) is 9.56. The molecule has 3 heteroatoms. The Kier molecular flexibility index (Phi) is 5.25. The first-order valence-corrected chi connectivity index (χ1v) is 3.87. The molecule has 0 bridgehead atoms. The molecule has 0 aromatic heterocycles. The van der Waals surface area contributed by atoms with Crippen LogP contribution in [-0.4, -0.2) is 23.5 Å². The summed E-state index contributed by atoms with van der Waals surface area (Å²) in [6, 6.07) is 0. The standard InChI is InChI=1S/C9H16N2O/c1-4-7(3)11-8(5-2)9(12)6-10/h4-5,9,12H,1,6,10H2,2-3H3/b8-5-,11-7?. The largest absolute Gasteiger partial charge is 0.385 e. The zero-order valence-corrected chi connectivity index (χ0v) is 7.62. The van der Waals surface area contributed by atoms with E-state index in [0.29, 0.717) is 5.70 Å². The van der Waals surface area contributed by atoms with Gasteiger partial charge in [-0.25, -0.2) is 0 Å². The normalized spacial score (nSPS) is 16.0. The van der Waals surface area contributed by atoms with E-state index in [4.69, 9.17) is 5.73 Å². The summed E-state index contributed by atoms with van der Waals surface area (Å²) in [4.78, 5) is 4.11. The molecular formula is C9H16N2O. The molecule has 0 aromatic rings. The lowest BCUT2D eigenvalue weighted by molar-refractivity contribution is 0.217. The topological polar surface area (TPSA) is 58.6 Å². The van der Waals surface area contributed by atoms with Crippen LogP contribution in [0.1, 0.15) is 13.8 Å². The summed E-state index contributed by atoms with van der Waals surface area (Å²) in [6.45, 7) is 7.38. The van der Waals surface area contributed by atoms with Gasteiger partial charge in [-0.3, -0.25) is 4.99 Å². The van der Waals surface area contributed by atoms with Crippen LogP contribution in [0.3, 0.4) is 0 Å². The lowest BCUT2D eigenvalue weighted by Crippen LogP contribution is -2.21. The molecule has 1 unspecified atom stereocenters. The van der Waals surface area contributed by atoms with Crippen LogP contribution < -0.4 is 5.73 Å². The second-order valence-corrected chi connectivity index (χ2v) is 2.42. The van der Waals surface area contributed by atoms with Gasteiger partial charge in [0, 0.05) is 12.3 Å². The highest BCUT2D eigenvalue weighted by molar-refractivity contribution is 5.92. The second kappa shape index (κ2) is 5.69. The highest BCUT2D eigenvalue weighted by Crippen LogP contribution is 2.03. The Hall–Kier alpha value is -0.930. The van der Waals surface area contributed by atoms with E-state index in [1.807, 2.05) is 13.8 Å². The van der Waals surface area contributed by atoms with Gasteiger partial charge in [0.05, 0.1) is 5.70 Å². The van der Waals surface area contributed by atoms with Crippen LogP contribution in [0.5, 0.6) is 0 Å². The number of hydrogen-bond donors (Lipinski definition) is 2. The minimum Gasteiger partial charge on any atom is -0.385 e. The van der Waals surface area contributed by atoms with Gasteiger partial charge in [-0.1, -0.05) is 12.7 Å². The first kappa shape index (κ1) is 11.1. The van der Waals surface area contributed by atoms with Gasteiger partial charge < -0.3 is 10.8 Å². The molecule has 0 heterocycles. The summed E-state index contributed by atoms with van der Waals surface area (Å²) in [5, 5.41) is 9.33. The molecule has 0 amide bonds. The number of nitrogens with two attached hydrogens (primary N) is 1. The molecule has 0 aliphatic carbocycles. The minimum absolute atomic E-state index is 0.188. The quantitative estimate of drug-likeness (QED) is 0.611. The highest BCUT2D eigenvalue weighted by Gasteiger charge is 2.05. The molecular weight excluding hydrogens is 152 g/mol. The molecule has 68 valence electrons. The third kappa shape index (κ3) is 3.46. The van der Waals surface area contributed by atoms with Crippen LogP contribution >= 0.6 is 0 Å². The molecule has 1 atom stereocenters. The number of nitrogens with zero attached hydrogens (tertiary/aromatic N) is 1. The van der Waals surface area contributed by atoms with Crippen LogP contribution in [0.25, 0.3) is 0 Å². The summed E-state index contributed by atoms with van der Waals surface area (Å²) in [5.41, 5.74) is 6.65. The van der Waals surface area contributed by atoms with Crippen molar-refractivity contribution in [2.75, 3.05) is 6.54 Å². The zero-order valence-electron chi connectivity index (χ0n) is 7.62. The Morgan fingerprint density at radius 2 is 2.33 bits per heavy atom. The van der Waals surface area contributed by atoms with Crippen molar-refractivity contribution in [1.82, 2.24) is 0 Å². The van der Waals surface area contributed by atoms with Crippen molar-refractivity contribution < 1.29 is 5.11 Å². The van der Waals surface area contributed by atoms with E-state index in [1.54, 1.807) is 12.2 Å². The maximum Gasteiger partial charge on any atom is 0.108 e. The molecule has 0 aliphatic heterocycles. The fourth-order valence-electron chi connectivity index (χ4n) is 0.701. The van der Waals surface area contributed by atoms with Gasteiger partial charge in [0.2, 0.25) is 0 Å². The molecule has 0 radical (unpaired) electrons. The van der Waals surface area contributed by atoms with Gasteiger partial charge in [0.15, 0.2) is 0 Å². The van der Waals surface area contributed by atoms with Gasteiger partial charge in [-0.2, -0.15) is 0 Å². The van der Waals surface area contributed by atoms with E-state index in [9.17, 15) is 5.11 Å². The Balaban J connectivity index is 4.49. The lowest BCUT2D eigenvalue weighted by Gasteiger charge is -2.07. The van der Waals surface area contributed by atoms with Crippen molar-refractivity contribution in [2.24, 2.45) is 10.7 Å². The first-order chi connectivity index (χ1) is 5.65. The first-order valence-electron chi connectivity index (χ1n) is 3.87. The smallest absolute Gasteiger partial charge is 0.108 e. The van der Waals surface area contributed by atoms with Gasteiger partial charge in [-0.05, 0) is 19.9 Å². The summed E-state index contributed by atoms with van der Waals surface area (Å²) < 4.78 is 0. The second-order valence-electron chi connectivity index (χ2n) is 2.42. The van der Waals surface area contributed by atoms with Crippen LogP contribution in [0, 0.1) is 0 Å². The number of aliphatic hydroxyl groups is 1. The number of aliphatic imine (C=N–C) groups is 1. The van der Waals surface area contributed by atoms with Crippen molar-refractivity contribution in [2.45, 2.75) is 20.0 Å². The Bertz CT molecular complexity index is 207. The lowest BCUT2D eigenvalue weighted by atomic mass is 10.2. The molecule has 3 nitrogen and oxygen atoms in total. The average Bonchev–Trinajstić information content (AvgIpc) is 2.12. The molecule has 0 saturated carbocycles. The van der Waals surface area contributed by atoms with Crippen LogP contribution in [0.4, 0.5) is 0 Å². The van der Waals surface area contributed by atoms with Crippen molar-refractivity contribution >= 4 is 5.71 Å². The number of aliphatic hydroxyl groups excluding tert-OH is 1. The highest BCUT2D eigenvalue weighted by atomic mass is 16.3. The van der Waals surface area contributed by atoms with Crippen molar-refractivity contribution in [3.63, 3.8) is 0 Å².